The van der Waals surface area contributed by atoms with Crippen LogP contribution in [0, 0.1) is 12.8 Å². The summed E-state index contributed by atoms with van der Waals surface area (Å²) in [4.78, 5) is 11.3. The Labute approximate surface area is 111 Å². The Hall–Kier alpha value is -1.20. The monoisotopic (exact) mass is 262 g/mol. The van der Waals surface area contributed by atoms with Crippen LogP contribution >= 0.6 is 11.3 Å². The first-order valence-electron chi connectivity index (χ1n) is 6.43. The Kier molecular flexibility index (Phi) is 3.18. The molecular formula is C13H18N4S. The van der Waals surface area contributed by atoms with Crippen molar-refractivity contribution in [1.29, 1.82) is 0 Å². The minimum Gasteiger partial charge on any atom is -0.355 e. The van der Waals surface area contributed by atoms with Crippen LogP contribution in [-0.4, -0.2) is 29.6 Å². The molecule has 5 heteroatoms. The van der Waals surface area contributed by atoms with Crippen molar-refractivity contribution in [2.45, 2.75) is 19.8 Å². The molecule has 3 rings (SSSR count). The molecule has 1 fully saturated rings. The van der Waals surface area contributed by atoms with Crippen molar-refractivity contribution in [2.24, 2.45) is 11.7 Å². The molecule has 1 unspecified atom stereocenters. The van der Waals surface area contributed by atoms with E-state index in [1.54, 1.807) is 17.7 Å². The molecular weight excluding hydrogens is 244 g/mol. The van der Waals surface area contributed by atoms with E-state index >= 15 is 0 Å². The maximum atomic E-state index is 5.80. The molecule has 0 radical (unpaired) electrons. The summed E-state index contributed by atoms with van der Waals surface area (Å²) in [6.45, 7) is 4.99. The Morgan fingerprint density at radius 3 is 3.22 bits per heavy atom. The van der Waals surface area contributed by atoms with Gasteiger partial charge in [0.1, 0.15) is 12.1 Å². The largest absolute Gasteiger partial charge is 0.355 e. The fourth-order valence-corrected chi connectivity index (χ4v) is 3.65. The third kappa shape index (κ3) is 1.97. The summed E-state index contributed by atoms with van der Waals surface area (Å²) in [6, 6.07) is 0. The molecule has 96 valence electrons. The molecule has 0 saturated carbocycles. The number of aromatic nitrogens is 2. The minimum absolute atomic E-state index is 0.602. The predicted molar refractivity (Wildman–Crippen MR) is 76.1 cm³/mol. The lowest BCUT2D eigenvalue weighted by Gasteiger charge is -2.33. The zero-order chi connectivity index (χ0) is 12.5. The molecule has 2 N–H and O–H groups in total. The second-order valence-corrected chi connectivity index (χ2v) is 5.86. The maximum Gasteiger partial charge on any atom is 0.150 e. The van der Waals surface area contributed by atoms with E-state index < -0.39 is 0 Å². The van der Waals surface area contributed by atoms with Crippen LogP contribution in [0.15, 0.2) is 11.7 Å². The van der Waals surface area contributed by atoms with Crippen molar-refractivity contribution in [2.75, 3.05) is 24.5 Å². The summed E-state index contributed by atoms with van der Waals surface area (Å²) >= 11 is 1.75. The summed E-state index contributed by atoms with van der Waals surface area (Å²) < 4.78 is 1.22. The van der Waals surface area contributed by atoms with Gasteiger partial charge in [0.05, 0.1) is 10.2 Å². The second-order valence-electron chi connectivity index (χ2n) is 4.98. The van der Waals surface area contributed by atoms with Crippen LogP contribution in [0.1, 0.15) is 18.4 Å². The van der Waals surface area contributed by atoms with Crippen LogP contribution in [0.2, 0.25) is 0 Å². The zero-order valence-electron chi connectivity index (χ0n) is 10.6. The van der Waals surface area contributed by atoms with Crippen molar-refractivity contribution >= 4 is 27.4 Å². The minimum atomic E-state index is 0.602. The number of piperidine rings is 1. The zero-order valence-corrected chi connectivity index (χ0v) is 11.4. The topological polar surface area (TPSA) is 55.0 Å². The van der Waals surface area contributed by atoms with Gasteiger partial charge < -0.3 is 10.6 Å². The highest BCUT2D eigenvalue weighted by Crippen LogP contribution is 2.32. The van der Waals surface area contributed by atoms with E-state index in [1.165, 1.54) is 23.1 Å². The summed E-state index contributed by atoms with van der Waals surface area (Å²) in [5, 5.41) is 2.16. The third-order valence-electron chi connectivity index (χ3n) is 3.66. The Balaban J connectivity index is 1.98. The van der Waals surface area contributed by atoms with Crippen LogP contribution in [0.5, 0.6) is 0 Å². The number of fused-ring (bicyclic) bond motifs is 1. The van der Waals surface area contributed by atoms with Crippen molar-refractivity contribution in [3.63, 3.8) is 0 Å². The van der Waals surface area contributed by atoms with E-state index in [4.69, 9.17) is 5.73 Å². The van der Waals surface area contributed by atoms with Crippen molar-refractivity contribution < 1.29 is 0 Å². The number of anilines is 1. The van der Waals surface area contributed by atoms with E-state index in [0.29, 0.717) is 5.92 Å². The summed E-state index contributed by atoms with van der Waals surface area (Å²) in [7, 11) is 0. The lowest BCUT2D eigenvalue weighted by Crippen LogP contribution is -2.38. The van der Waals surface area contributed by atoms with Crippen LogP contribution in [-0.2, 0) is 0 Å². The highest BCUT2D eigenvalue weighted by Gasteiger charge is 2.22. The molecule has 4 nitrogen and oxygen atoms in total. The van der Waals surface area contributed by atoms with Gasteiger partial charge in [0, 0.05) is 13.1 Å². The van der Waals surface area contributed by atoms with Gasteiger partial charge in [-0.3, -0.25) is 0 Å². The Morgan fingerprint density at radius 2 is 2.39 bits per heavy atom. The molecule has 2 aromatic heterocycles. The standard InChI is InChI=1S/C13H18N4S/c1-9-7-18-12-11(9)15-8-16-13(12)17-4-2-3-10(5-14)6-17/h7-8,10H,2-6,14H2,1H3. The number of nitrogens with zero attached hydrogens (tertiary/aromatic N) is 3. The summed E-state index contributed by atoms with van der Waals surface area (Å²) in [5.74, 6) is 1.70. The average Bonchev–Trinajstić information content (AvgIpc) is 2.81. The van der Waals surface area contributed by atoms with Crippen molar-refractivity contribution in [3.05, 3.63) is 17.3 Å². The molecule has 0 aromatic carbocycles. The van der Waals surface area contributed by atoms with Crippen LogP contribution in [0.4, 0.5) is 5.82 Å². The van der Waals surface area contributed by atoms with Crippen molar-refractivity contribution in [1.82, 2.24) is 9.97 Å². The number of nitrogens with two attached hydrogens (primary N) is 1. The predicted octanol–water partition coefficient (Wildman–Crippen LogP) is 2.17. The molecule has 1 atom stereocenters. The fraction of sp³-hybridized carbons (Fsp3) is 0.538. The quantitative estimate of drug-likeness (QED) is 0.901. The maximum absolute atomic E-state index is 5.80. The number of hydrogen-bond acceptors (Lipinski definition) is 5. The van der Waals surface area contributed by atoms with E-state index in [-0.39, 0.29) is 0 Å². The molecule has 0 amide bonds. The highest BCUT2D eigenvalue weighted by molar-refractivity contribution is 7.18. The highest BCUT2D eigenvalue weighted by atomic mass is 32.1. The first-order valence-corrected chi connectivity index (χ1v) is 7.31. The van der Waals surface area contributed by atoms with Crippen LogP contribution < -0.4 is 10.6 Å². The van der Waals surface area contributed by atoms with Crippen LogP contribution in [0.3, 0.4) is 0 Å². The van der Waals surface area contributed by atoms with Crippen molar-refractivity contribution in [3.8, 4) is 0 Å². The molecule has 0 aliphatic carbocycles. The summed E-state index contributed by atoms with van der Waals surface area (Å²) in [6.07, 6.45) is 4.13. The fourth-order valence-electron chi connectivity index (χ4n) is 2.63. The normalized spacial score (nSPS) is 20.6. The van der Waals surface area contributed by atoms with Gasteiger partial charge in [-0.15, -0.1) is 11.3 Å². The summed E-state index contributed by atoms with van der Waals surface area (Å²) in [5.41, 5.74) is 8.14. The van der Waals surface area contributed by atoms with Gasteiger partial charge in [-0.1, -0.05) is 0 Å². The van der Waals surface area contributed by atoms with E-state index in [9.17, 15) is 0 Å². The number of aryl methyl sites for hydroxylation is 1. The third-order valence-corrected chi connectivity index (χ3v) is 4.75. The number of hydrogen-bond donors (Lipinski definition) is 1. The smallest absolute Gasteiger partial charge is 0.150 e. The van der Waals surface area contributed by atoms with Gasteiger partial charge >= 0.3 is 0 Å². The molecule has 0 bridgehead atoms. The second kappa shape index (κ2) is 4.82. The SMILES string of the molecule is Cc1csc2c(N3CCCC(CN)C3)ncnc12. The number of rotatable bonds is 2. The Bertz CT molecular complexity index is 551. The molecule has 0 spiro atoms. The van der Waals surface area contributed by atoms with E-state index in [0.717, 1.165) is 31.0 Å². The van der Waals surface area contributed by atoms with Gasteiger partial charge in [0.25, 0.3) is 0 Å². The van der Waals surface area contributed by atoms with E-state index in [2.05, 4.69) is 27.2 Å². The first-order chi connectivity index (χ1) is 8.79. The lowest BCUT2D eigenvalue weighted by atomic mass is 9.98. The van der Waals surface area contributed by atoms with Gasteiger partial charge in [0.2, 0.25) is 0 Å². The van der Waals surface area contributed by atoms with Gasteiger partial charge in [0.15, 0.2) is 0 Å². The van der Waals surface area contributed by atoms with E-state index in [1.807, 2.05) is 0 Å². The first kappa shape index (κ1) is 11.9. The molecule has 1 saturated heterocycles. The molecule has 1 aliphatic heterocycles. The molecule has 18 heavy (non-hydrogen) atoms. The number of thiophene rings is 1. The molecule has 2 aromatic rings. The van der Waals surface area contributed by atoms with Crippen LogP contribution in [0.25, 0.3) is 10.2 Å². The average molecular weight is 262 g/mol. The van der Waals surface area contributed by atoms with Gasteiger partial charge in [-0.05, 0) is 43.2 Å². The molecule has 1 aliphatic rings. The molecule has 3 heterocycles. The van der Waals surface area contributed by atoms with Gasteiger partial charge in [-0.2, -0.15) is 0 Å². The Morgan fingerprint density at radius 1 is 1.50 bits per heavy atom. The van der Waals surface area contributed by atoms with Gasteiger partial charge in [-0.25, -0.2) is 9.97 Å². The lowest BCUT2D eigenvalue weighted by molar-refractivity contribution is 0.422.